The van der Waals surface area contributed by atoms with E-state index in [-0.39, 0.29) is 5.91 Å². The Hall–Kier alpha value is -2.17. The van der Waals surface area contributed by atoms with E-state index in [1.165, 1.54) is 21.6 Å². The van der Waals surface area contributed by atoms with Crippen molar-refractivity contribution in [2.24, 2.45) is 4.99 Å². The van der Waals surface area contributed by atoms with Crippen LogP contribution < -0.4 is 4.80 Å². The molecule has 0 saturated heterocycles. The summed E-state index contributed by atoms with van der Waals surface area (Å²) >= 11 is 7.51. The maximum Gasteiger partial charge on any atom is 0.279 e. The molecule has 3 aromatic rings. The smallest absolute Gasteiger partial charge is 0.279 e. The van der Waals surface area contributed by atoms with Gasteiger partial charge in [0.2, 0.25) is 0 Å². The molecule has 27 heavy (non-hydrogen) atoms. The highest BCUT2D eigenvalue weighted by Gasteiger charge is 2.15. The zero-order chi connectivity index (χ0) is 19.6. The van der Waals surface area contributed by atoms with Crippen LogP contribution in [0.4, 0.5) is 0 Å². The molecule has 5 heteroatoms. The molecule has 3 nitrogen and oxygen atoms in total. The third-order valence-corrected chi connectivity index (χ3v) is 6.16. The quantitative estimate of drug-likeness (QED) is 0.546. The van der Waals surface area contributed by atoms with Gasteiger partial charge in [0.05, 0.1) is 5.69 Å². The molecule has 140 valence electrons. The molecule has 0 bridgehead atoms. The van der Waals surface area contributed by atoms with Gasteiger partial charge in [-0.25, -0.2) is 0 Å². The van der Waals surface area contributed by atoms with Gasteiger partial charge in [0.1, 0.15) is 0 Å². The van der Waals surface area contributed by atoms with Crippen molar-refractivity contribution in [3.8, 4) is 11.3 Å². The number of aromatic nitrogens is 1. The molecule has 0 saturated carbocycles. The Kier molecular flexibility index (Phi) is 5.98. The first-order chi connectivity index (χ1) is 12.9. The van der Waals surface area contributed by atoms with Crippen LogP contribution in [0.2, 0.25) is 5.02 Å². The van der Waals surface area contributed by atoms with Gasteiger partial charge < -0.3 is 4.57 Å². The first kappa shape index (κ1) is 19.6. The molecule has 0 N–H and O–H groups in total. The van der Waals surface area contributed by atoms with Crippen LogP contribution in [0.1, 0.15) is 40.2 Å². The predicted octanol–water partition coefficient (Wildman–Crippen LogP) is 5.81. The van der Waals surface area contributed by atoms with Gasteiger partial charge in [0.15, 0.2) is 4.80 Å². The van der Waals surface area contributed by atoms with Crippen molar-refractivity contribution < 1.29 is 4.79 Å². The normalized spacial score (nSPS) is 11.8. The molecule has 0 spiro atoms. The van der Waals surface area contributed by atoms with E-state index in [1.54, 1.807) is 35.6 Å². The predicted molar refractivity (Wildman–Crippen MR) is 114 cm³/mol. The first-order valence-electron chi connectivity index (χ1n) is 9.09. The standard InChI is InChI=1S/C22H23ClN2OS/c1-5-19-20(17-8-7-14(3)15(4)13-17)25(6-2)22(27-19)24-21(26)16-9-11-18(23)12-10-16/h7-13H,5-6H2,1-4H3. The zero-order valence-corrected chi connectivity index (χ0v) is 17.6. The summed E-state index contributed by atoms with van der Waals surface area (Å²) in [5.74, 6) is -0.246. The van der Waals surface area contributed by atoms with Gasteiger partial charge >= 0.3 is 0 Å². The second kappa shape index (κ2) is 8.24. The van der Waals surface area contributed by atoms with Gasteiger partial charge in [-0.05, 0) is 74.2 Å². The minimum Gasteiger partial charge on any atom is -0.316 e. The maximum atomic E-state index is 12.6. The van der Waals surface area contributed by atoms with Crippen molar-refractivity contribution in [2.75, 3.05) is 0 Å². The Bertz CT molecular complexity index is 1050. The number of aryl methyl sites for hydroxylation is 3. The first-order valence-corrected chi connectivity index (χ1v) is 10.3. The van der Waals surface area contributed by atoms with E-state index in [4.69, 9.17) is 11.6 Å². The number of carbonyl (C=O) groups is 1. The lowest BCUT2D eigenvalue weighted by Gasteiger charge is -2.10. The van der Waals surface area contributed by atoms with Crippen LogP contribution in [-0.2, 0) is 13.0 Å². The third-order valence-electron chi connectivity index (χ3n) is 4.69. The van der Waals surface area contributed by atoms with Crippen molar-refractivity contribution in [1.29, 1.82) is 0 Å². The molecule has 0 aliphatic carbocycles. The van der Waals surface area contributed by atoms with Crippen LogP contribution in [0.5, 0.6) is 0 Å². The summed E-state index contributed by atoms with van der Waals surface area (Å²) in [6.07, 6.45) is 0.900. The molecule has 0 unspecified atom stereocenters. The molecular formula is C22H23ClN2OS. The molecule has 0 aliphatic rings. The van der Waals surface area contributed by atoms with Crippen molar-refractivity contribution in [1.82, 2.24) is 4.57 Å². The molecule has 0 fully saturated rings. The summed E-state index contributed by atoms with van der Waals surface area (Å²) in [5.41, 5.74) is 5.42. The lowest BCUT2D eigenvalue weighted by Crippen LogP contribution is -2.17. The number of hydrogen-bond acceptors (Lipinski definition) is 2. The summed E-state index contributed by atoms with van der Waals surface area (Å²) in [4.78, 5) is 19.0. The fraction of sp³-hybridized carbons (Fsp3) is 0.273. The van der Waals surface area contributed by atoms with E-state index < -0.39 is 0 Å². The largest absolute Gasteiger partial charge is 0.316 e. The Labute approximate surface area is 169 Å². The lowest BCUT2D eigenvalue weighted by atomic mass is 10.0. The fourth-order valence-corrected chi connectivity index (χ4v) is 4.30. The van der Waals surface area contributed by atoms with Gasteiger partial charge in [0, 0.05) is 22.0 Å². The van der Waals surface area contributed by atoms with Crippen molar-refractivity contribution >= 4 is 28.8 Å². The minimum absolute atomic E-state index is 0.246. The SMILES string of the molecule is CCc1sc(=NC(=O)c2ccc(Cl)cc2)n(CC)c1-c1ccc(C)c(C)c1. The zero-order valence-electron chi connectivity index (χ0n) is 16.0. The van der Waals surface area contributed by atoms with Crippen LogP contribution in [-0.4, -0.2) is 10.5 Å². The van der Waals surface area contributed by atoms with Crippen molar-refractivity contribution in [3.05, 3.63) is 73.9 Å². The van der Waals surface area contributed by atoms with Gasteiger partial charge in [-0.1, -0.05) is 30.7 Å². The third kappa shape index (κ3) is 4.07. The van der Waals surface area contributed by atoms with E-state index in [0.717, 1.165) is 23.5 Å². The second-order valence-corrected chi connectivity index (χ2v) is 7.98. The fourth-order valence-electron chi connectivity index (χ4n) is 3.03. The molecule has 3 rings (SSSR count). The van der Waals surface area contributed by atoms with Crippen molar-refractivity contribution in [2.45, 2.75) is 40.7 Å². The summed E-state index contributed by atoms with van der Waals surface area (Å²) in [7, 11) is 0. The van der Waals surface area contributed by atoms with Crippen LogP contribution in [0.25, 0.3) is 11.3 Å². The Balaban J connectivity index is 2.14. The molecule has 2 aromatic carbocycles. The van der Waals surface area contributed by atoms with Gasteiger partial charge in [-0.15, -0.1) is 11.3 Å². The number of benzene rings is 2. The maximum absolute atomic E-state index is 12.6. The Morgan fingerprint density at radius 1 is 1.07 bits per heavy atom. The lowest BCUT2D eigenvalue weighted by molar-refractivity contribution is 0.0998. The van der Waals surface area contributed by atoms with Crippen LogP contribution >= 0.6 is 22.9 Å². The average molecular weight is 399 g/mol. The van der Waals surface area contributed by atoms with E-state index >= 15 is 0 Å². The van der Waals surface area contributed by atoms with Crippen LogP contribution in [0.3, 0.4) is 0 Å². The topological polar surface area (TPSA) is 34.4 Å². The monoisotopic (exact) mass is 398 g/mol. The van der Waals surface area contributed by atoms with Crippen LogP contribution in [0, 0.1) is 13.8 Å². The summed E-state index contributed by atoms with van der Waals surface area (Å²) in [6.45, 7) is 9.23. The van der Waals surface area contributed by atoms with E-state index in [1.807, 2.05) is 0 Å². The van der Waals surface area contributed by atoms with Gasteiger partial charge in [0.25, 0.3) is 5.91 Å². The molecule has 1 aromatic heterocycles. The average Bonchev–Trinajstić information content (AvgIpc) is 3.01. The van der Waals surface area contributed by atoms with E-state index in [2.05, 4.69) is 55.5 Å². The minimum atomic E-state index is -0.246. The second-order valence-electron chi connectivity index (χ2n) is 6.48. The molecular weight excluding hydrogens is 376 g/mol. The highest BCUT2D eigenvalue weighted by Crippen LogP contribution is 2.28. The number of amides is 1. The van der Waals surface area contributed by atoms with Gasteiger partial charge in [-0.2, -0.15) is 4.99 Å². The summed E-state index contributed by atoms with van der Waals surface area (Å²) in [5, 5.41) is 0.608. The van der Waals surface area contributed by atoms with Gasteiger partial charge in [-0.3, -0.25) is 4.79 Å². The number of thiazole rings is 1. The summed E-state index contributed by atoms with van der Waals surface area (Å²) in [6, 6.07) is 13.4. The Morgan fingerprint density at radius 3 is 2.37 bits per heavy atom. The molecule has 0 radical (unpaired) electrons. The van der Waals surface area contributed by atoms with Crippen LogP contribution in [0.15, 0.2) is 47.5 Å². The summed E-state index contributed by atoms with van der Waals surface area (Å²) < 4.78 is 2.14. The molecule has 0 atom stereocenters. The number of halogens is 1. The molecule has 0 aliphatic heterocycles. The number of carbonyl (C=O) groups excluding carboxylic acids is 1. The number of hydrogen-bond donors (Lipinski definition) is 0. The Morgan fingerprint density at radius 2 is 1.78 bits per heavy atom. The molecule has 1 heterocycles. The molecule has 1 amide bonds. The highest BCUT2D eigenvalue weighted by atomic mass is 35.5. The van der Waals surface area contributed by atoms with E-state index in [9.17, 15) is 4.79 Å². The highest BCUT2D eigenvalue weighted by molar-refractivity contribution is 7.09. The van der Waals surface area contributed by atoms with Crippen molar-refractivity contribution in [3.63, 3.8) is 0 Å². The number of rotatable bonds is 4. The number of nitrogens with zero attached hydrogens (tertiary/aromatic N) is 2. The van der Waals surface area contributed by atoms with E-state index in [0.29, 0.717) is 10.6 Å².